The van der Waals surface area contributed by atoms with Gasteiger partial charge in [-0.05, 0) is 12.6 Å². The molecule has 1 saturated heterocycles. The van der Waals surface area contributed by atoms with Crippen molar-refractivity contribution in [3.8, 4) is 0 Å². The van der Waals surface area contributed by atoms with Gasteiger partial charge in [-0.1, -0.05) is 6.92 Å². The highest BCUT2D eigenvalue weighted by atomic mass is 16.6. The second-order valence-electron chi connectivity index (χ2n) is 4.94. The summed E-state index contributed by atoms with van der Waals surface area (Å²) < 4.78 is 0. The lowest BCUT2D eigenvalue weighted by Gasteiger charge is -2.33. The number of nitro benzene ring substituents is 2. The molecular weight excluding hydrogens is 292 g/mol. The fourth-order valence-corrected chi connectivity index (χ4v) is 2.40. The first-order chi connectivity index (χ1) is 10.4. The number of nitrogens with zero attached hydrogens (tertiary/aromatic N) is 4. The molecule has 9 nitrogen and oxygen atoms in total. The van der Waals surface area contributed by atoms with Gasteiger partial charge in [-0.3, -0.25) is 25.0 Å². The van der Waals surface area contributed by atoms with E-state index >= 15 is 0 Å². The molecule has 1 aromatic rings. The van der Waals surface area contributed by atoms with Crippen molar-refractivity contribution in [1.82, 2.24) is 9.80 Å². The van der Waals surface area contributed by atoms with Gasteiger partial charge in [0.15, 0.2) is 0 Å². The molecule has 118 valence electrons. The summed E-state index contributed by atoms with van der Waals surface area (Å²) in [6.07, 6.45) is 0. The molecule has 9 heteroatoms. The largest absolute Gasteiger partial charge is 0.336 e. The molecule has 1 aromatic carbocycles. The molecule has 22 heavy (non-hydrogen) atoms. The summed E-state index contributed by atoms with van der Waals surface area (Å²) >= 11 is 0. The van der Waals surface area contributed by atoms with Crippen molar-refractivity contribution in [2.75, 3.05) is 32.7 Å². The molecule has 1 amide bonds. The Morgan fingerprint density at radius 3 is 2.27 bits per heavy atom. The lowest BCUT2D eigenvalue weighted by molar-refractivity contribution is -0.394. The number of nitro groups is 2. The van der Waals surface area contributed by atoms with Crippen LogP contribution in [0.4, 0.5) is 11.4 Å². The first-order valence-corrected chi connectivity index (χ1v) is 6.88. The number of hydrogen-bond donors (Lipinski definition) is 0. The minimum absolute atomic E-state index is 0.111. The summed E-state index contributed by atoms with van der Waals surface area (Å²) in [6.45, 7) is 5.31. The molecule has 0 radical (unpaired) electrons. The van der Waals surface area contributed by atoms with Crippen molar-refractivity contribution in [3.05, 3.63) is 44.0 Å². The van der Waals surface area contributed by atoms with Crippen LogP contribution in [0.5, 0.6) is 0 Å². The van der Waals surface area contributed by atoms with Crippen LogP contribution in [0.1, 0.15) is 17.3 Å². The fraction of sp³-hybridized carbons (Fsp3) is 0.462. The lowest BCUT2D eigenvalue weighted by Crippen LogP contribution is -2.48. The van der Waals surface area contributed by atoms with E-state index in [1.54, 1.807) is 4.90 Å². The second kappa shape index (κ2) is 6.48. The fourth-order valence-electron chi connectivity index (χ4n) is 2.40. The van der Waals surface area contributed by atoms with Crippen LogP contribution >= 0.6 is 0 Å². The Bertz CT molecular complexity index is 610. The van der Waals surface area contributed by atoms with Crippen LogP contribution < -0.4 is 0 Å². The molecular formula is C13H16N4O5. The zero-order chi connectivity index (χ0) is 16.3. The third kappa shape index (κ3) is 3.19. The van der Waals surface area contributed by atoms with Crippen molar-refractivity contribution in [1.29, 1.82) is 0 Å². The Hall–Kier alpha value is -2.55. The molecule has 1 heterocycles. The van der Waals surface area contributed by atoms with Crippen molar-refractivity contribution in [3.63, 3.8) is 0 Å². The maximum Gasteiger partial charge on any atom is 0.289 e. The van der Waals surface area contributed by atoms with E-state index in [-0.39, 0.29) is 5.56 Å². The van der Waals surface area contributed by atoms with E-state index in [1.165, 1.54) is 0 Å². The number of benzene rings is 1. The lowest BCUT2D eigenvalue weighted by atomic mass is 10.1. The zero-order valence-electron chi connectivity index (χ0n) is 12.1. The second-order valence-corrected chi connectivity index (χ2v) is 4.94. The van der Waals surface area contributed by atoms with Crippen LogP contribution in [0.15, 0.2) is 18.2 Å². The quantitative estimate of drug-likeness (QED) is 0.612. The minimum Gasteiger partial charge on any atom is -0.336 e. The first kappa shape index (κ1) is 15.8. The number of carbonyl (C=O) groups is 1. The molecule has 0 saturated carbocycles. The molecule has 0 unspecified atom stereocenters. The van der Waals surface area contributed by atoms with Gasteiger partial charge in [0, 0.05) is 32.2 Å². The maximum absolute atomic E-state index is 12.4. The molecule has 0 N–H and O–H groups in total. The summed E-state index contributed by atoms with van der Waals surface area (Å²) in [5, 5.41) is 21.8. The molecule has 2 rings (SSSR count). The molecule has 0 atom stereocenters. The Balaban J connectivity index is 2.26. The Morgan fingerprint density at radius 2 is 1.77 bits per heavy atom. The molecule has 0 spiro atoms. The molecule has 0 aromatic heterocycles. The molecule has 0 aliphatic carbocycles. The summed E-state index contributed by atoms with van der Waals surface area (Å²) in [5.74, 6) is -0.461. The maximum atomic E-state index is 12.4. The van der Waals surface area contributed by atoms with Crippen molar-refractivity contribution in [2.24, 2.45) is 0 Å². The van der Waals surface area contributed by atoms with Gasteiger partial charge < -0.3 is 9.80 Å². The molecule has 1 aliphatic heterocycles. The standard InChI is InChI=1S/C13H16N4O5/c1-2-14-5-7-15(8-6-14)13(18)11-4-3-10(16(19)20)9-12(11)17(21)22/h3-4,9H,2,5-8H2,1H3. The van der Waals surface area contributed by atoms with E-state index in [2.05, 4.69) is 4.90 Å². The van der Waals surface area contributed by atoms with Crippen LogP contribution in [-0.2, 0) is 0 Å². The van der Waals surface area contributed by atoms with E-state index in [1.807, 2.05) is 6.92 Å². The van der Waals surface area contributed by atoms with E-state index < -0.39 is 27.1 Å². The summed E-state index contributed by atoms with van der Waals surface area (Å²) in [6, 6.07) is 3.10. The van der Waals surface area contributed by atoms with E-state index in [0.717, 1.165) is 24.7 Å². The number of non-ortho nitro benzene ring substituents is 1. The van der Waals surface area contributed by atoms with Gasteiger partial charge in [0.1, 0.15) is 5.56 Å². The number of amides is 1. The Morgan fingerprint density at radius 1 is 1.14 bits per heavy atom. The third-order valence-corrected chi connectivity index (χ3v) is 3.73. The van der Waals surface area contributed by atoms with Crippen LogP contribution in [0, 0.1) is 20.2 Å². The number of piperazine rings is 1. The van der Waals surface area contributed by atoms with E-state index in [4.69, 9.17) is 0 Å². The van der Waals surface area contributed by atoms with Gasteiger partial charge in [-0.25, -0.2) is 0 Å². The highest BCUT2D eigenvalue weighted by Crippen LogP contribution is 2.26. The average Bonchev–Trinajstić information content (AvgIpc) is 2.53. The van der Waals surface area contributed by atoms with Gasteiger partial charge in [0.05, 0.1) is 15.9 Å². The van der Waals surface area contributed by atoms with Gasteiger partial charge in [0.2, 0.25) is 0 Å². The third-order valence-electron chi connectivity index (χ3n) is 3.73. The minimum atomic E-state index is -0.761. The highest BCUT2D eigenvalue weighted by molar-refractivity contribution is 5.98. The Labute approximate surface area is 126 Å². The summed E-state index contributed by atoms with van der Waals surface area (Å²) in [7, 11) is 0. The Kier molecular flexibility index (Phi) is 4.66. The highest BCUT2D eigenvalue weighted by Gasteiger charge is 2.29. The molecule has 0 bridgehead atoms. The van der Waals surface area contributed by atoms with Crippen molar-refractivity contribution < 1.29 is 14.6 Å². The average molecular weight is 308 g/mol. The van der Waals surface area contributed by atoms with Gasteiger partial charge in [0.25, 0.3) is 17.3 Å². The predicted molar refractivity (Wildman–Crippen MR) is 77.8 cm³/mol. The first-order valence-electron chi connectivity index (χ1n) is 6.88. The van der Waals surface area contributed by atoms with Crippen LogP contribution in [0.2, 0.25) is 0 Å². The molecule has 1 fully saturated rings. The summed E-state index contributed by atoms with van der Waals surface area (Å²) in [4.78, 5) is 36.5. The van der Waals surface area contributed by atoms with E-state index in [9.17, 15) is 25.0 Å². The summed E-state index contributed by atoms with van der Waals surface area (Å²) in [5.41, 5.74) is -1.04. The predicted octanol–water partition coefficient (Wildman–Crippen LogP) is 1.28. The number of carbonyl (C=O) groups excluding carboxylic acids is 1. The van der Waals surface area contributed by atoms with E-state index in [0.29, 0.717) is 26.2 Å². The molecule has 1 aliphatic rings. The van der Waals surface area contributed by atoms with Gasteiger partial charge in [-0.15, -0.1) is 0 Å². The topological polar surface area (TPSA) is 110 Å². The van der Waals surface area contributed by atoms with Gasteiger partial charge in [-0.2, -0.15) is 0 Å². The SMILES string of the molecule is CCN1CCN(C(=O)c2ccc([N+](=O)[O-])cc2[N+](=O)[O-])CC1. The van der Waals surface area contributed by atoms with Crippen molar-refractivity contribution in [2.45, 2.75) is 6.92 Å². The van der Waals surface area contributed by atoms with Crippen LogP contribution in [-0.4, -0.2) is 58.3 Å². The smallest absolute Gasteiger partial charge is 0.289 e. The number of rotatable bonds is 4. The zero-order valence-corrected chi connectivity index (χ0v) is 12.1. The monoisotopic (exact) mass is 308 g/mol. The number of hydrogen-bond acceptors (Lipinski definition) is 6. The van der Waals surface area contributed by atoms with Crippen molar-refractivity contribution >= 4 is 17.3 Å². The van der Waals surface area contributed by atoms with Crippen LogP contribution in [0.3, 0.4) is 0 Å². The van der Waals surface area contributed by atoms with Crippen LogP contribution in [0.25, 0.3) is 0 Å². The van der Waals surface area contributed by atoms with Gasteiger partial charge >= 0.3 is 0 Å². The number of likely N-dealkylation sites (N-methyl/N-ethyl adjacent to an activating group) is 1. The normalized spacial score (nSPS) is 15.6.